The Morgan fingerprint density at radius 3 is 2.77 bits per heavy atom. The lowest BCUT2D eigenvalue weighted by molar-refractivity contribution is 0.0928. The average Bonchev–Trinajstić information content (AvgIpc) is 2.53. The summed E-state index contributed by atoms with van der Waals surface area (Å²) >= 11 is 5.11. The molecule has 0 unspecified atom stereocenters. The van der Waals surface area contributed by atoms with Crippen LogP contribution < -0.4 is 10.9 Å². The fourth-order valence-electron chi connectivity index (χ4n) is 2.96. The summed E-state index contributed by atoms with van der Waals surface area (Å²) in [6, 6.07) is 5.33. The Morgan fingerprint density at radius 2 is 2.05 bits per heavy atom. The summed E-state index contributed by atoms with van der Waals surface area (Å²) < 4.78 is 1.74. The van der Waals surface area contributed by atoms with Crippen LogP contribution >= 0.6 is 12.2 Å². The van der Waals surface area contributed by atoms with E-state index in [4.69, 9.17) is 12.2 Å². The molecule has 0 bridgehead atoms. The van der Waals surface area contributed by atoms with Gasteiger partial charge in [-0.1, -0.05) is 19.3 Å². The number of benzene rings is 1. The van der Waals surface area contributed by atoms with Gasteiger partial charge in [-0.3, -0.25) is 14.2 Å². The molecule has 0 radical (unpaired) electrons. The molecular weight excluding hydrogens is 298 g/mol. The van der Waals surface area contributed by atoms with Gasteiger partial charge in [0.1, 0.15) is 0 Å². The predicted molar refractivity (Wildman–Crippen MR) is 88.7 cm³/mol. The van der Waals surface area contributed by atoms with Crippen LogP contribution in [-0.2, 0) is 7.05 Å². The first-order valence-electron chi connectivity index (χ1n) is 7.60. The van der Waals surface area contributed by atoms with E-state index in [0.29, 0.717) is 21.2 Å². The summed E-state index contributed by atoms with van der Waals surface area (Å²) in [4.78, 5) is 27.5. The number of H-pyrrole nitrogens is 1. The average molecular weight is 317 g/mol. The summed E-state index contributed by atoms with van der Waals surface area (Å²) in [6.07, 6.45) is 5.68. The van der Waals surface area contributed by atoms with E-state index in [-0.39, 0.29) is 17.5 Å². The quantitative estimate of drug-likeness (QED) is 0.837. The molecule has 116 valence electrons. The molecular formula is C16H19N3O2S. The molecule has 1 heterocycles. The third kappa shape index (κ3) is 2.83. The van der Waals surface area contributed by atoms with Gasteiger partial charge in [0.2, 0.25) is 0 Å². The van der Waals surface area contributed by atoms with Crippen LogP contribution in [0.3, 0.4) is 0 Å². The fraction of sp³-hybridized carbons (Fsp3) is 0.438. The highest BCUT2D eigenvalue weighted by atomic mass is 32.1. The molecule has 1 saturated carbocycles. The van der Waals surface area contributed by atoms with Crippen LogP contribution in [0.15, 0.2) is 23.0 Å². The van der Waals surface area contributed by atoms with Gasteiger partial charge in [0, 0.05) is 18.7 Å². The SMILES string of the molecule is Cn1c(=S)[nH]c2cc(C(=O)NC3CCCCC3)ccc2c1=O. The van der Waals surface area contributed by atoms with Crippen molar-refractivity contribution >= 4 is 29.0 Å². The first-order chi connectivity index (χ1) is 10.6. The van der Waals surface area contributed by atoms with Crippen LogP contribution in [0.25, 0.3) is 10.9 Å². The third-order valence-electron chi connectivity index (χ3n) is 4.30. The third-order valence-corrected chi connectivity index (χ3v) is 4.68. The van der Waals surface area contributed by atoms with Crippen LogP contribution in [-0.4, -0.2) is 21.5 Å². The van der Waals surface area contributed by atoms with Gasteiger partial charge in [0.05, 0.1) is 10.9 Å². The molecule has 0 atom stereocenters. The Kier molecular flexibility index (Phi) is 4.11. The summed E-state index contributed by atoms with van der Waals surface area (Å²) in [7, 11) is 1.63. The number of nitrogens with one attached hydrogen (secondary N) is 2. The second-order valence-electron chi connectivity index (χ2n) is 5.86. The van der Waals surface area contributed by atoms with Crippen LogP contribution in [0.2, 0.25) is 0 Å². The molecule has 2 N–H and O–H groups in total. The number of carbonyl (C=O) groups is 1. The van der Waals surface area contributed by atoms with Gasteiger partial charge in [0.25, 0.3) is 11.5 Å². The largest absolute Gasteiger partial charge is 0.349 e. The molecule has 5 nitrogen and oxygen atoms in total. The topological polar surface area (TPSA) is 66.9 Å². The molecule has 1 aliphatic carbocycles. The molecule has 3 rings (SSSR count). The van der Waals surface area contributed by atoms with E-state index in [1.807, 2.05) is 0 Å². The number of hydrogen-bond acceptors (Lipinski definition) is 3. The summed E-state index contributed by atoms with van der Waals surface area (Å²) in [6.45, 7) is 0. The highest BCUT2D eigenvalue weighted by Crippen LogP contribution is 2.18. The number of fused-ring (bicyclic) bond motifs is 1. The van der Waals surface area contributed by atoms with Crippen LogP contribution in [0.4, 0.5) is 0 Å². The summed E-state index contributed by atoms with van der Waals surface area (Å²) in [5.74, 6) is -0.0891. The van der Waals surface area contributed by atoms with Gasteiger partial charge < -0.3 is 10.3 Å². The van der Waals surface area contributed by atoms with Gasteiger partial charge in [0.15, 0.2) is 4.77 Å². The Labute approximate surface area is 133 Å². The highest BCUT2D eigenvalue weighted by molar-refractivity contribution is 7.71. The van der Waals surface area contributed by atoms with Crippen molar-refractivity contribution in [3.05, 3.63) is 38.9 Å². The monoisotopic (exact) mass is 317 g/mol. The lowest BCUT2D eigenvalue weighted by Crippen LogP contribution is -2.36. The molecule has 0 aliphatic heterocycles. The molecule has 22 heavy (non-hydrogen) atoms. The minimum absolute atomic E-state index is 0.0891. The second-order valence-corrected chi connectivity index (χ2v) is 6.25. The molecule has 1 aromatic carbocycles. The van der Waals surface area contributed by atoms with E-state index in [1.54, 1.807) is 25.2 Å². The smallest absolute Gasteiger partial charge is 0.261 e. The fourth-order valence-corrected chi connectivity index (χ4v) is 3.16. The Hall–Kier alpha value is -1.95. The van der Waals surface area contributed by atoms with E-state index in [9.17, 15) is 9.59 Å². The van der Waals surface area contributed by atoms with E-state index in [1.165, 1.54) is 23.8 Å². The predicted octanol–water partition coefficient (Wildman–Crippen LogP) is 2.66. The summed E-state index contributed by atoms with van der Waals surface area (Å²) in [5.41, 5.74) is 0.999. The number of carbonyl (C=O) groups excluding carboxylic acids is 1. The number of rotatable bonds is 2. The zero-order valence-electron chi connectivity index (χ0n) is 12.5. The van der Waals surface area contributed by atoms with E-state index >= 15 is 0 Å². The number of hydrogen-bond donors (Lipinski definition) is 2. The van der Waals surface area contributed by atoms with Crippen molar-refractivity contribution in [2.45, 2.75) is 38.1 Å². The zero-order chi connectivity index (χ0) is 15.7. The Balaban J connectivity index is 1.91. The van der Waals surface area contributed by atoms with Crippen molar-refractivity contribution < 1.29 is 4.79 Å². The van der Waals surface area contributed by atoms with Crippen molar-refractivity contribution in [2.24, 2.45) is 7.05 Å². The Morgan fingerprint density at radius 1 is 1.32 bits per heavy atom. The number of aromatic amines is 1. The second kappa shape index (κ2) is 6.04. The lowest BCUT2D eigenvalue weighted by atomic mass is 9.95. The molecule has 2 aromatic rings. The summed E-state index contributed by atoms with van der Waals surface area (Å²) in [5, 5.41) is 3.61. The minimum Gasteiger partial charge on any atom is -0.349 e. The molecule has 0 spiro atoms. The maximum atomic E-state index is 12.4. The van der Waals surface area contributed by atoms with Gasteiger partial charge in [-0.2, -0.15) is 0 Å². The minimum atomic E-state index is -0.155. The van der Waals surface area contributed by atoms with E-state index in [0.717, 1.165) is 12.8 Å². The van der Waals surface area contributed by atoms with Crippen molar-refractivity contribution in [2.75, 3.05) is 0 Å². The number of aromatic nitrogens is 2. The van der Waals surface area contributed by atoms with Gasteiger partial charge in [-0.05, 0) is 43.3 Å². The van der Waals surface area contributed by atoms with Crippen molar-refractivity contribution in [1.29, 1.82) is 0 Å². The highest BCUT2D eigenvalue weighted by Gasteiger charge is 2.17. The molecule has 1 aromatic heterocycles. The van der Waals surface area contributed by atoms with E-state index in [2.05, 4.69) is 10.3 Å². The van der Waals surface area contributed by atoms with Crippen LogP contribution in [0.5, 0.6) is 0 Å². The molecule has 1 fully saturated rings. The molecule has 6 heteroatoms. The zero-order valence-corrected chi connectivity index (χ0v) is 13.3. The molecule has 1 aliphatic rings. The van der Waals surface area contributed by atoms with Gasteiger partial charge >= 0.3 is 0 Å². The first kappa shape index (κ1) is 15.0. The maximum absolute atomic E-state index is 12.4. The maximum Gasteiger partial charge on any atom is 0.261 e. The van der Waals surface area contributed by atoms with Crippen LogP contribution in [0, 0.1) is 4.77 Å². The van der Waals surface area contributed by atoms with Crippen LogP contribution in [0.1, 0.15) is 42.5 Å². The Bertz CT molecular complexity index is 831. The lowest BCUT2D eigenvalue weighted by Gasteiger charge is -2.22. The molecule has 1 amide bonds. The van der Waals surface area contributed by atoms with Crippen molar-refractivity contribution in [1.82, 2.24) is 14.9 Å². The van der Waals surface area contributed by atoms with Gasteiger partial charge in [-0.25, -0.2) is 0 Å². The van der Waals surface area contributed by atoms with Crippen molar-refractivity contribution in [3.63, 3.8) is 0 Å². The molecule has 0 saturated heterocycles. The standard InChI is InChI=1S/C16H19N3O2S/c1-19-15(21)12-8-7-10(9-13(12)18-16(19)22)14(20)17-11-5-3-2-4-6-11/h7-9,11H,2-6H2,1H3,(H,17,20)(H,18,22). The number of nitrogens with zero attached hydrogens (tertiary/aromatic N) is 1. The van der Waals surface area contributed by atoms with Crippen molar-refractivity contribution in [3.8, 4) is 0 Å². The normalized spacial score (nSPS) is 15.9. The van der Waals surface area contributed by atoms with Gasteiger partial charge in [-0.15, -0.1) is 0 Å². The van der Waals surface area contributed by atoms with E-state index < -0.39 is 0 Å². The number of amides is 1. The first-order valence-corrected chi connectivity index (χ1v) is 8.01.